The maximum Gasteiger partial charge on any atom is 2.00 e. The quantitative estimate of drug-likeness (QED) is 0.247. The predicted octanol–water partition coefficient (Wildman–Crippen LogP) is 0.316. The average Bonchev–Trinajstić information content (AvgIpc) is 2.21. The van der Waals surface area contributed by atoms with Gasteiger partial charge < -0.3 is 92.1 Å². The van der Waals surface area contributed by atoms with E-state index < -0.39 is 0 Å². The van der Waals surface area contributed by atoms with Crippen LogP contribution in [0.4, 0.5) is 0 Å². The number of nitrogens with two attached hydrogens (primary N) is 2. The fourth-order valence-electron chi connectivity index (χ4n) is 0. The van der Waals surface area contributed by atoms with Gasteiger partial charge in [-0.2, -0.15) is 0 Å². The smallest absolute Gasteiger partial charge is 0.570 e. The molecule has 0 aliphatic rings. The molecule has 0 aliphatic heterocycles. The van der Waals surface area contributed by atoms with Crippen LogP contribution in [0.15, 0.2) is 0 Å². The van der Waals surface area contributed by atoms with Crippen molar-refractivity contribution in [1.29, 1.82) is 0 Å². The summed E-state index contributed by atoms with van der Waals surface area (Å²) in [5.74, 6) is 0. The Kier molecular flexibility index (Phi) is 114. The van der Waals surface area contributed by atoms with Crippen LogP contribution in [0.25, 0.3) is 0 Å². The molecule has 0 rings (SSSR count). The number of hydrogen-bond donors (Lipinski definition) is 2. The predicted molar refractivity (Wildman–Crippen MR) is 86.1 cm³/mol. The summed E-state index contributed by atoms with van der Waals surface area (Å²) >= 11 is 16.5. The molecule has 11 heteroatoms. The number of thiocarbonyl (C=S) groups is 4. The summed E-state index contributed by atoms with van der Waals surface area (Å²) in [7, 11) is 7.36. The monoisotopic (exact) mass is 488 g/mol. The molecule has 0 saturated carbocycles. The molecule has 0 heterocycles. The third-order valence-electron chi connectivity index (χ3n) is 0.365. The molecular weight excluding hydrogens is 477 g/mol. The van der Waals surface area contributed by atoms with Crippen LogP contribution in [0.1, 0.15) is 0 Å². The zero-order valence-electron chi connectivity index (χ0n) is 11.8. The minimum atomic E-state index is 0. The second kappa shape index (κ2) is 50.5. The molecule has 0 unspecified atom stereocenters. The van der Waals surface area contributed by atoms with Crippen molar-refractivity contribution >= 4 is 70.8 Å². The van der Waals surface area contributed by atoms with Crippen LogP contribution in [0.3, 0.4) is 0 Å². The van der Waals surface area contributed by atoms with Crippen molar-refractivity contribution in [3.8, 4) is 0 Å². The molecule has 0 aliphatic carbocycles. The second-order valence-electron chi connectivity index (χ2n) is 2.21. The van der Waals surface area contributed by atoms with Crippen LogP contribution < -0.4 is 11.5 Å². The average molecular weight is 493 g/mol. The van der Waals surface area contributed by atoms with E-state index in [9.17, 15) is 0 Å². The molecule has 0 fully saturated rings. The van der Waals surface area contributed by atoms with E-state index in [0.717, 1.165) is 0 Å². The molecule has 0 radical (unpaired) electrons. The van der Waals surface area contributed by atoms with Crippen molar-refractivity contribution in [2.45, 2.75) is 0 Å². The molecule has 0 amide bonds. The third kappa shape index (κ3) is 200. The summed E-state index contributed by atoms with van der Waals surface area (Å²) in [4.78, 5) is 3.38. The Hall–Kier alpha value is 1.43. The molecule has 0 aromatic rings. The maximum atomic E-state index is 4.41. The second-order valence-corrected chi connectivity index (χ2v) is 3.04. The normalized spacial score (nSPS) is 4.84. The Labute approximate surface area is 177 Å². The van der Waals surface area contributed by atoms with Crippen molar-refractivity contribution in [2.75, 3.05) is 28.2 Å². The van der Waals surface area contributed by atoms with Crippen molar-refractivity contribution in [1.82, 2.24) is 9.80 Å². The summed E-state index contributed by atoms with van der Waals surface area (Å²) < 4.78 is 0. The summed E-state index contributed by atoms with van der Waals surface area (Å²) in [5.41, 5.74) is 17.4. The molecule has 4 N–H and O–H groups in total. The third-order valence-corrected chi connectivity index (χ3v) is 1.10. The number of rotatable bonds is 2. The molecule has 0 aromatic heterocycles. The topological polar surface area (TPSA) is 58.5 Å². The van der Waals surface area contributed by atoms with Gasteiger partial charge in [0, 0.05) is 19.5 Å². The molecule has 0 bridgehead atoms. The SMILES string of the molecule is CN(C)[C-]=S.CN(C)[C-]=S.N[C-]=S.N[C-]=S.[Zn+2].[Zn+2].[Zn]. The molecule has 0 aromatic carbocycles. The van der Waals surface area contributed by atoms with Crippen molar-refractivity contribution < 1.29 is 58.4 Å². The summed E-state index contributed by atoms with van der Waals surface area (Å²) in [6, 6.07) is 0. The van der Waals surface area contributed by atoms with Crippen LogP contribution in [-0.4, -0.2) is 60.0 Å². The first-order chi connectivity index (χ1) is 7.37. The number of hydrogen-bond acceptors (Lipinski definition) is 4. The van der Waals surface area contributed by atoms with Gasteiger partial charge in [0.25, 0.3) is 0 Å². The first-order valence-electron chi connectivity index (χ1n) is 3.63. The molecule has 98 valence electrons. The van der Waals surface area contributed by atoms with Crippen LogP contribution in [0.2, 0.25) is 0 Å². The van der Waals surface area contributed by atoms with E-state index in [1.807, 2.05) is 39.2 Å². The van der Waals surface area contributed by atoms with Gasteiger partial charge >= 0.3 is 39.0 Å². The van der Waals surface area contributed by atoms with E-state index in [-0.39, 0.29) is 58.4 Å². The molecule has 4 nitrogen and oxygen atoms in total. The van der Waals surface area contributed by atoms with E-state index in [1.54, 1.807) is 9.80 Å². The fourth-order valence-corrected chi connectivity index (χ4v) is 0. The summed E-state index contributed by atoms with van der Waals surface area (Å²) in [6.07, 6.45) is 0. The number of nitrogens with zero attached hydrogens (tertiary/aromatic N) is 2. The van der Waals surface area contributed by atoms with Crippen molar-refractivity contribution in [3.63, 3.8) is 0 Å². The standard InChI is InChI=1S/2C3H6NS.2CH2NS.3Zn/c2*1-4(2)3-5;2*2-1-3;;;/h2*1-2H3;2*(H2,2,3);;;/q4*-1;;2*+2. The van der Waals surface area contributed by atoms with Gasteiger partial charge in [0.1, 0.15) is 0 Å². The largest absolute Gasteiger partial charge is 2.00 e. The van der Waals surface area contributed by atoms with Crippen LogP contribution in [0.5, 0.6) is 0 Å². The van der Waals surface area contributed by atoms with Gasteiger partial charge in [-0.15, -0.1) is 0 Å². The van der Waals surface area contributed by atoms with Crippen LogP contribution in [0, 0.1) is 0 Å². The molecule has 0 atom stereocenters. The van der Waals surface area contributed by atoms with Crippen LogP contribution in [-0.2, 0) is 58.4 Å². The van der Waals surface area contributed by atoms with Gasteiger partial charge in [-0.05, 0) is 28.2 Å². The Balaban J connectivity index is -0.0000000197. The van der Waals surface area contributed by atoms with Gasteiger partial charge in [-0.3, -0.25) is 0 Å². The van der Waals surface area contributed by atoms with Gasteiger partial charge in [0.2, 0.25) is 0 Å². The minimum absolute atomic E-state index is 0. The van der Waals surface area contributed by atoms with Gasteiger partial charge in [-0.25, -0.2) is 0 Å². The Morgan fingerprint density at radius 3 is 0.737 bits per heavy atom. The fraction of sp³-hybridized carbons (Fsp3) is 0.500. The summed E-state index contributed by atoms with van der Waals surface area (Å²) in [6.45, 7) is 0. The van der Waals surface area contributed by atoms with E-state index in [0.29, 0.717) is 0 Å². The van der Waals surface area contributed by atoms with Gasteiger partial charge in [0.05, 0.1) is 0 Å². The van der Waals surface area contributed by atoms with E-state index in [2.05, 4.69) is 71.3 Å². The van der Waals surface area contributed by atoms with Gasteiger partial charge in [0.15, 0.2) is 0 Å². The molecule has 0 saturated heterocycles. The van der Waals surface area contributed by atoms with Gasteiger partial charge in [-0.1, -0.05) is 0 Å². The Morgan fingerprint density at radius 2 is 0.737 bits per heavy atom. The van der Waals surface area contributed by atoms with E-state index >= 15 is 0 Å². The zero-order valence-corrected chi connectivity index (χ0v) is 24.0. The van der Waals surface area contributed by atoms with E-state index in [1.165, 1.54) is 0 Å². The first kappa shape index (κ1) is 42.8. The summed E-state index contributed by atoms with van der Waals surface area (Å²) in [5, 5.41) is 0. The van der Waals surface area contributed by atoms with E-state index in [4.69, 9.17) is 0 Å². The molecule has 0 spiro atoms. The Morgan fingerprint density at radius 1 is 0.684 bits per heavy atom. The van der Waals surface area contributed by atoms with Crippen molar-refractivity contribution in [3.05, 3.63) is 0 Å². The molecular formula is C8H16N4S4Zn3. The Bertz CT molecular complexity index is 156. The van der Waals surface area contributed by atoms with Crippen molar-refractivity contribution in [2.24, 2.45) is 11.5 Å². The molecule has 19 heavy (non-hydrogen) atoms. The van der Waals surface area contributed by atoms with Crippen LogP contribution >= 0.6 is 48.9 Å². The zero-order chi connectivity index (χ0) is 14.0. The first-order valence-corrected chi connectivity index (χ1v) is 5.26. The maximum absolute atomic E-state index is 4.41. The minimum Gasteiger partial charge on any atom is -0.570 e.